The Morgan fingerprint density at radius 2 is 1.92 bits per heavy atom. The van der Waals surface area contributed by atoms with Gasteiger partial charge in [0.25, 0.3) is 0 Å². The first-order chi connectivity index (χ1) is 10.8. The molecule has 8 heteroatoms. The Bertz CT molecular complexity index is 544. The maximum atomic E-state index is 11.5. The lowest BCUT2D eigenvalue weighted by molar-refractivity contribution is 0.0529. The Kier molecular flexibility index (Phi) is 10.3. The van der Waals surface area contributed by atoms with Crippen LogP contribution in [0.2, 0.25) is 0 Å². The molecule has 0 aliphatic carbocycles. The number of carbonyl (C=O) groups is 1. The molecule has 1 aromatic heterocycles. The maximum Gasteiger partial charge on any atom is 0.407 e. The first-order valence-corrected chi connectivity index (χ1v) is 7.63. The molecule has 0 saturated heterocycles. The maximum absolute atomic E-state index is 11.5. The highest BCUT2D eigenvalue weighted by atomic mass is 127. The zero-order valence-electron chi connectivity index (χ0n) is 15.0. The number of rotatable bonds is 5. The summed E-state index contributed by atoms with van der Waals surface area (Å²) in [7, 11) is 1.70. The number of ether oxygens (including phenoxy) is 1. The van der Waals surface area contributed by atoms with E-state index in [-0.39, 0.29) is 24.0 Å². The number of aliphatic imine (C=N–C) groups is 1. The van der Waals surface area contributed by atoms with E-state index in [0.29, 0.717) is 25.6 Å². The molecule has 0 unspecified atom stereocenters. The van der Waals surface area contributed by atoms with E-state index in [4.69, 9.17) is 4.74 Å². The van der Waals surface area contributed by atoms with Crippen LogP contribution in [0.5, 0.6) is 0 Å². The third-order valence-corrected chi connectivity index (χ3v) is 2.85. The fraction of sp³-hybridized carbons (Fsp3) is 0.562. The van der Waals surface area contributed by atoms with Crippen LogP contribution >= 0.6 is 24.0 Å². The molecule has 0 radical (unpaired) electrons. The molecule has 0 fully saturated rings. The van der Waals surface area contributed by atoms with Crippen LogP contribution in [0.25, 0.3) is 0 Å². The number of alkyl carbamates (subject to hydrolysis) is 1. The van der Waals surface area contributed by atoms with Gasteiger partial charge in [0, 0.05) is 26.3 Å². The third-order valence-electron chi connectivity index (χ3n) is 2.85. The Morgan fingerprint density at radius 1 is 1.25 bits per heavy atom. The molecule has 1 aromatic rings. The van der Waals surface area contributed by atoms with E-state index in [1.54, 1.807) is 13.2 Å². The molecule has 0 bridgehead atoms. The van der Waals surface area contributed by atoms with Gasteiger partial charge in [-0.2, -0.15) is 0 Å². The second-order valence-corrected chi connectivity index (χ2v) is 6.05. The summed E-state index contributed by atoms with van der Waals surface area (Å²) in [6.45, 7) is 9.08. The molecule has 24 heavy (non-hydrogen) atoms. The Labute approximate surface area is 161 Å². The number of hydrogen-bond acceptors (Lipinski definition) is 4. The van der Waals surface area contributed by atoms with Gasteiger partial charge >= 0.3 is 6.09 Å². The highest BCUT2D eigenvalue weighted by Gasteiger charge is 2.15. The minimum atomic E-state index is -0.490. The third kappa shape index (κ3) is 9.53. The molecule has 0 aliphatic rings. The fourth-order valence-electron chi connectivity index (χ4n) is 1.75. The number of carbonyl (C=O) groups excluding carboxylic acids is 1. The lowest BCUT2D eigenvalue weighted by Gasteiger charge is -2.20. The summed E-state index contributed by atoms with van der Waals surface area (Å²) >= 11 is 0. The van der Waals surface area contributed by atoms with Crippen molar-refractivity contribution in [2.24, 2.45) is 4.99 Å². The van der Waals surface area contributed by atoms with Crippen molar-refractivity contribution < 1.29 is 9.53 Å². The van der Waals surface area contributed by atoms with Crippen molar-refractivity contribution in [1.29, 1.82) is 0 Å². The number of nitrogens with zero attached hydrogens (tertiary/aromatic N) is 2. The summed E-state index contributed by atoms with van der Waals surface area (Å²) < 4.78 is 5.16. The number of nitrogens with one attached hydrogen (secondary N) is 3. The summed E-state index contributed by atoms with van der Waals surface area (Å²) in [5.74, 6) is 0.654. The lowest BCUT2D eigenvalue weighted by Crippen LogP contribution is -2.42. The van der Waals surface area contributed by atoms with E-state index in [2.05, 4.69) is 25.9 Å². The normalized spacial score (nSPS) is 11.3. The lowest BCUT2D eigenvalue weighted by atomic mass is 10.2. The van der Waals surface area contributed by atoms with Gasteiger partial charge < -0.3 is 20.7 Å². The smallest absolute Gasteiger partial charge is 0.407 e. The van der Waals surface area contributed by atoms with Gasteiger partial charge in [0.15, 0.2) is 5.96 Å². The van der Waals surface area contributed by atoms with Crippen LogP contribution in [0.4, 0.5) is 4.79 Å². The fourth-order valence-corrected chi connectivity index (χ4v) is 1.75. The van der Waals surface area contributed by atoms with Crippen molar-refractivity contribution in [2.45, 2.75) is 39.8 Å². The molecule has 0 saturated carbocycles. The van der Waals surface area contributed by atoms with E-state index in [1.807, 2.05) is 39.8 Å². The first-order valence-electron chi connectivity index (χ1n) is 7.63. The zero-order chi connectivity index (χ0) is 17.3. The number of pyridine rings is 1. The van der Waals surface area contributed by atoms with Crippen molar-refractivity contribution in [3.63, 3.8) is 0 Å². The summed E-state index contributed by atoms with van der Waals surface area (Å²) in [6.07, 6.45) is 1.34. The molecule has 0 atom stereocenters. The number of aromatic nitrogens is 1. The zero-order valence-corrected chi connectivity index (χ0v) is 17.3. The van der Waals surface area contributed by atoms with Crippen molar-refractivity contribution in [3.05, 3.63) is 29.6 Å². The van der Waals surface area contributed by atoms with E-state index in [9.17, 15) is 4.79 Å². The Hall–Kier alpha value is -1.58. The number of guanidine groups is 1. The summed E-state index contributed by atoms with van der Waals surface area (Å²) in [5, 5.41) is 8.99. The summed E-state index contributed by atoms with van der Waals surface area (Å²) in [6, 6.07) is 3.93. The monoisotopic (exact) mass is 449 g/mol. The minimum absolute atomic E-state index is 0. The molecule has 1 rings (SSSR count). The predicted molar refractivity (Wildman–Crippen MR) is 107 cm³/mol. The van der Waals surface area contributed by atoms with Gasteiger partial charge in [0.2, 0.25) is 0 Å². The highest BCUT2D eigenvalue weighted by Crippen LogP contribution is 2.06. The van der Waals surface area contributed by atoms with Crippen LogP contribution in [0, 0.1) is 6.92 Å². The Morgan fingerprint density at radius 3 is 2.50 bits per heavy atom. The molecule has 0 aromatic carbocycles. The predicted octanol–water partition coefficient (Wildman–Crippen LogP) is 2.20. The van der Waals surface area contributed by atoms with E-state index < -0.39 is 11.7 Å². The van der Waals surface area contributed by atoms with Gasteiger partial charge in [-0.3, -0.25) is 9.98 Å². The molecule has 136 valence electrons. The number of hydrogen-bond donors (Lipinski definition) is 3. The van der Waals surface area contributed by atoms with Crippen LogP contribution < -0.4 is 16.0 Å². The van der Waals surface area contributed by atoms with Gasteiger partial charge in [0.1, 0.15) is 5.60 Å². The molecular weight excluding hydrogens is 421 g/mol. The quantitative estimate of drug-likeness (QED) is 0.278. The molecule has 0 spiro atoms. The van der Waals surface area contributed by atoms with Crippen LogP contribution in [0.1, 0.15) is 32.0 Å². The minimum Gasteiger partial charge on any atom is -0.444 e. The van der Waals surface area contributed by atoms with Crippen LogP contribution in [0.15, 0.2) is 23.3 Å². The number of halogens is 1. The van der Waals surface area contributed by atoms with Crippen molar-refractivity contribution in [3.8, 4) is 0 Å². The van der Waals surface area contributed by atoms with Crippen molar-refractivity contribution in [2.75, 3.05) is 20.1 Å². The van der Waals surface area contributed by atoms with E-state index >= 15 is 0 Å². The largest absolute Gasteiger partial charge is 0.444 e. The van der Waals surface area contributed by atoms with Crippen LogP contribution in [-0.2, 0) is 11.3 Å². The van der Waals surface area contributed by atoms with E-state index in [0.717, 1.165) is 11.3 Å². The standard InChI is InChI=1S/C16H27N5O2.HI/c1-12-7-6-8-18-13(12)11-21-14(17-5)19-9-10-20-15(22)23-16(2,3)4;/h6-8H,9-11H2,1-5H3,(H,20,22)(H2,17,19,21);1H. The van der Waals surface area contributed by atoms with Crippen LogP contribution in [0.3, 0.4) is 0 Å². The highest BCUT2D eigenvalue weighted by molar-refractivity contribution is 14.0. The number of amides is 1. The second kappa shape index (κ2) is 11.1. The average Bonchev–Trinajstić information content (AvgIpc) is 2.46. The van der Waals surface area contributed by atoms with Gasteiger partial charge in [-0.25, -0.2) is 4.79 Å². The second-order valence-electron chi connectivity index (χ2n) is 6.05. The molecule has 3 N–H and O–H groups in total. The van der Waals surface area contributed by atoms with Gasteiger partial charge in [-0.1, -0.05) is 6.07 Å². The summed E-state index contributed by atoms with van der Waals surface area (Å²) in [5.41, 5.74) is 1.61. The van der Waals surface area contributed by atoms with Crippen LogP contribution in [-0.4, -0.2) is 42.8 Å². The average molecular weight is 449 g/mol. The van der Waals surface area contributed by atoms with Gasteiger partial charge in [-0.05, 0) is 39.3 Å². The van der Waals surface area contributed by atoms with Gasteiger partial charge in [-0.15, -0.1) is 24.0 Å². The molecule has 1 heterocycles. The van der Waals surface area contributed by atoms with Crippen molar-refractivity contribution in [1.82, 2.24) is 20.9 Å². The first kappa shape index (κ1) is 22.4. The molecular formula is C16H28IN5O2. The topological polar surface area (TPSA) is 87.6 Å². The molecule has 7 nitrogen and oxygen atoms in total. The molecule has 1 amide bonds. The SMILES string of the molecule is CN=C(NCCNC(=O)OC(C)(C)C)NCc1ncccc1C.I. The van der Waals surface area contributed by atoms with Crippen molar-refractivity contribution >= 4 is 36.0 Å². The Balaban J connectivity index is 0.00000529. The van der Waals surface area contributed by atoms with Gasteiger partial charge in [0.05, 0.1) is 12.2 Å². The van der Waals surface area contributed by atoms with E-state index in [1.165, 1.54) is 0 Å². The number of aryl methyl sites for hydroxylation is 1. The molecule has 0 aliphatic heterocycles. The summed E-state index contributed by atoms with van der Waals surface area (Å²) in [4.78, 5) is 20.0.